The highest BCUT2D eigenvalue weighted by molar-refractivity contribution is 5.94. The number of piperazine rings is 1. The molecule has 198 valence electrons. The van der Waals surface area contributed by atoms with Crippen molar-refractivity contribution >= 4 is 28.4 Å². The summed E-state index contributed by atoms with van der Waals surface area (Å²) in [7, 11) is 0. The van der Waals surface area contributed by atoms with Gasteiger partial charge >= 0.3 is 6.09 Å². The number of carbonyl (C=O) groups is 1. The summed E-state index contributed by atoms with van der Waals surface area (Å²) in [6.45, 7) is 11.5. The standard InChI is InChI=1S/C28H33F3N4O2/c1-17-15-24(33-18(2)20-7-6-8-21(25(20)29)26(30)31)22-16-19(9-10-23(22)32-17)34-11-13-35(14-12-34)27(36)37-28(3,4)5/h6-10,15-16,18,26H,11-14H2,1-5H3,(H,32,33). The molecule has 1 aliphatic heterocycles. The van der Waals surface area contributed by atoms with Gasteiger partial charge in [-0.3, -0.25) is 4.98 Å². The lowest BCUT2D eigenvalue weighted by Crippen LogP contribution is -2.50. The Morgan fingerprint density at radius 3 is 2.38 bits per heavy atom. The van der Waals surface area contributed by atoms with Crippen molar-refractivity contribution in [3.63, 3.8) is 0 Å². The van der Waals surface area contributed by atoms with Crippen LogP contribution < -0.4 is 10.2 Å². The van der Waals surface area contributed by atoms with Gasteiger partial charge in [0.1, 0.15) is 11.4 Å². The van der Waals surface area contributed by atoms with Crippen LogP contribution in [0.15, 0.2) is 42.5 Å². The first-order valence-electron chi connectivity index (χ1n) is 12.4. The Hall–Kier alpha value is -3.49. The van der Waals surface area contributed by atoms with Crippen LogP contribution in [0.1, 0.15) is 57.0 Å². The minimum atomic E-state index is -2.88. The summed E-state index contributed by atoms with van der Waals surface area (Å²) >= 11 is 0. The molecular weight excluding hydrogens is 481 g/mol. The Balaban J connectivity index is 1.56. The molecule has 2 aromatic carbocycles. The van der Waals surface area contributed by atoms with Gasteiger partial charge < -0.3 is 19.9 Å². The third-order valence-corrected chi connectivity index (χ3v) is 6.35. The summed E-state index contributed by atoms with van der Waals surface area (Å²) < 4.78 is 46.7. The molecule has 37 heavy (non-hydrogen) atoms. The molecule has 4 rings (SSSR count). The van der Waals surface area contributed by atoms with E-state index in [0.717, 1.165) is 34.0 Å². The van der Waals surface area contributed by atoms with E-state index in [1.54, 1.807) is 11.8 Å². The Morgan fingerprint density at radius 1 is 1.05 bits per heavy atom. The number of nitrogens with one attached hydrogen (secondary N) is 1. The van der Waals surface area contributed by atoms with Crippen molar-refractivity contribution in [2.24, 2.45) is 0 Å². The highest BCUT2D eigenvalue weighted by Gasteiger charge is 2.26. The quantitative estimate of drug-likeness (QED) is 0.404. The molecule has 1 amide bonds. The van der Waals surface area contributed by atoms with E-state index >= 15 is 0 Å². The summed E-state index contributed by atoms with van der Waals surface area (Å²) in [6, 6.07) is 11.3. The molecule has 9 heteroatoms. The topological polar surface area (TPSA) is 57.7 Å². The fourth-order valence-corrected chi connectivity index (χ4v) is 4.52. The van der Waals surface area contributed by atoms with Gasteiger partial charge in [0, 0.05) is 54.2 Å². The molecule has 0 radical (unpaired) electrons. The fraction of sp³-hybridized carbons (Fsp3) is 0.429. The van der Waals surface area contributed by atoms with Crippen molar-refractivity contribution in [3.05, 3.63) is 65.1 Å². The second kappa shape index (κ2) is 10.5. The smallest absolute Gasteiger partial charge is 0.410 e. The van der Waals surface area contributed by atoms with Crippen molar-refractivity contribution in [2.45, 2.75) is 52.7 Å². The summed E-state index contributed by atoms with van der Waals surface area (Å²) in [6.07, 6.45) is -3.19. The predicted molar refractivity (Wildman–Crippen MR) is 140 cm³/mol. The van der Waals surface area contributed by atoms with Crippen molar-refractivity contribution in [3.8, 4) is 0 Å². The van der Waals surface area contributed by atoms with E-state index in [1.165, 1.54) is 12.1 Å². The van der Waals surface area contributed by atoms with Crippen LogP contribution in [0.25, 0.3) is 10.9 Å². The van der Waals surface area contributed by atoms with E-state index in [-0.39, 0.29) is 11.7 Å². The highest BCUT2D eigenvalue weighted by atomic mass is 19.3. The Bertz CT molecular complexity index is 1280. The number of anilines is 2. The van der Waals surface area contributed by atoms with Gasteiger partial charge in [-0.05, 0) is 58.9 Å². The fourth-order valence-electron chi connectivity index (χ4n) is 4.52. The second-order valence-electron chi connectivity index (χ2n) is 10.4. The maximum Gasteiger partial charge on any atom is 0.410 e. The molecule has 0 saturated carbocycles. The normalized spacial score (nSPS) is 15.3. The molecule has 1 saturated heterocycles. The van der Waals surface area contributed by atoms with Crippen LogP contribution in [-0.4, -0.2) is 47.8 Å². The molecule has 0 spiro atoms. The second-order valence-corrected chi connectivity index (χ2v) is 10.4. The molecule has 3 aromatic rings. The summed E-state index contributed by atoms with van der Waals surface area (Å²) in [5, 5.41) is 4.15. The van der Waals surface area contributed by atoms with Gasteiger partial charge in [0.25, 0.3) is 6.43 Å². The number of hydrogen-bond donors (Lipinski definition) is 1. The third kappa shape index (κ3) is 6.09. The molecule has 1 fully saturated rings. The van der Waals surface area contributed by atoms with Crippen molar-refractivity contribution < 1.29 is 22.7 Å². The number of carbonyl (C=O) groups excluding carboxylic acids is 1. The summed E-state index contributed by atoms with van der Waals surface area (Å²) in [4.78, 5) is 20.9. The van der Waals surface area contributed by atoms with Crippen molar-refractivity contribution in [1.29, 1.82) is 0 Å². The minimum absolute atomic E-state index is 0.176. The number of alkyl halides is 2. The van der Waals surface area contributed by atoms with E-state index in [9.17, 15) is 18.0 Å². The molecule has 1 aliphatic rings. The van der Waals surface area contributed by atoms with Gasteiger partial charge in [-0.25, -0.2) is 18.0 Å². The van der Waals surface area contributed by atoms with Crippen LogP contribution in [0, 0.1) is 12.7 Å². The van der Waals surface area contributed by atoms with Gasteiger partial charge in [0.05, 0.1) is 17.1 Å². The number of hydrogen-bond acceptors (Lipinski definition) is 5. The Labute approximate surface area is 215 Å². The maximum absolute atomic E-state index is 14.8. The Morgan fingerprint density at radius 2 is 1.73 bits per heavy atom. The van der Waals surface area contributed by atoms with E-state index in [0.29, 0.717) is 26.2 Å². The molecule has 1 aromatic heterocycles. The largest absolute Gasteiger partial charge is 0.444 e. The van der Waals surface area contributed by atoms with Gasteiger partial charge in [0.15, 0.2) is 0 Å². The molecule has 1 atom stereocenters. The number of halogens is 3. The number of benzene rings is 2. The molecule has 1 N–H and O–H groups in total. The summed E-state index contributed by atoms with van der Waals surface area (Å²) in [5.41, 5.74) is 2.30. The molecule has 1 unspecified atom stereocenters. The van der Waals surface area contributed by atoms with Crippen molar-refractivity contribution in [1.82, 2.24) is 9.88 Å². The molecule has 6 nitrogen and oxygen atoms in total. The molecule has 0 aliphatic carbocycles. The lowest BCUT2D eigenvalue weighted by Gasteiger charge is -2.36. The highest BCUT2D eigenvalue weighted by Crippen LogP contribution is 2.33. The maximum atomic E-state index is 14.8. The van der Waals surface area contributed by atoms with Gasteiger partial charge in [-0.15, -0.1) is 0 Å². The third-order valence-electron chi connectivity index (χ3n) is 6.35. The SMILES string of the molecule is Cc1cc(NC(C)c2cccc(C(F)F)c2F)c2cc(N3CCN(C(=O)OC(C)(C)C)CC3)ccc2n1. The monoisotopic (exact) mass is 514 g/mol. The molecular formula is C28H33F3N4O2. The average molecular weight is 515 g/mol. The number of rotatable bonds is 5. The van der Waals surface area contributed by atoms with Gasteiger partial charge in [0.2, 0.25) is 0 Å². The molecule has 0 bridgehead atoms. The van der Waals surface area contributed by atoms with Gasteiger partial charge in [-0.1, -0.05) is 18.2 Å². The number of fused-ring (bicyclic) bond motifs is 1. The first kappa shape index (κ1) is 26.6. The van der Waals surface area contributed by atoms with Gasteiger partial charge in [-0.2, -0.15) is 0 Å². The number of pyridine rings is 1. The van der Waals surface area contributed by atoms with E-state index in [4.69, 9.17) is 4.74 Å². The number of aromatic nitrogens is 1. The lowest BCUT2D eigenvalue weighted by atomic mass is 10.0. The zero-order valence-electron chi connectivity index (χ0n) is 21.8. The number of aryl methyl sites for hydroxylation is 1. The average Bonchev–Trinajstić information content (AvgIpc) is 2.82. The number of ether oxygens (including phenoxy) is 1. The van der Waals surface area contributed by atoms with Crippen LogP contribution in [0.4, 0.5) is 29.3 Å². The van der Waals surface area contributed by atoms with Crippen LogP contribution in [0.2, 0.25) is 0 Å². The van der Waals surface area contributed by atoms with Crippen LogP contribution >= 0.6 is 0 Å². The minimum Gasteiger partial charge on any atom is -0.444 e. The van der Waals surface area contributed by atoms with E-state index in [2.05, 4.69) is 15.2 Å². The number of amides is 1. The summed E-state index contributed by atoms with van der Waals surface area (Å²) in [5.74, 6) is -0.892. The zero-order valence-corrected chi connectivity index (χ0v) is 21.8. The molecule has 2 heterocycles. The van der Waals surface area contributed by atoms with Crippen molar-refractivity contribution in [2.75, 3.05) is 36.4 Å². The van der Waals surface area contributed by atoms with E-state index < -0.39 is 29.4 Å². The lowest BCUT2D eigenvalue weighted by molar-refractivity contribution is 0.0240. The first-order valence-corrected chi connectivity index (χ1v) is 12.4. The van der Waals surface area contributed by atoms with E-state index in [1.807, 2.05) is 52.0 Å². The van der Waals surface area contributed by atoms with Crippen LogP contribution in [-0.2, 0) is 4.74 Å². The predicted octanol–water partition coefficient (Wildman–Crippen LogP) is 6.85. The Kier molecular flexibility index (Phi) is 7.52. The van der Waals surface area contributed by atoms with Crippen LogP contribution in [0.3, 0.4) is 0 Å². The first-order chi connectivity index (χ1) is 17.4. The number of nitrogens with zero attached hydrogens (tertiary/aromatic N) is 3. The van der Waals surface area contributed by atoms with Crippen LogP contribution in [0.5, 0.6) is 0 Å². The zero-order chi connectivity index (χ0) is 26.9.